The van der Waals surface area contributed by atoms with E-state index in [1.54, 1.807) is 0 Å². The van der Waals surface area contributed by atoms with Crippen LogP contribution >= 0.6 is 7.82 Å². The van der Waals surface area contributed by atoms with E-state index in [1.807, 2.05) is 0 Å². The van der Waals surface area contributed by atoms with Crippen molar-refractivity contribution in [2.75, 3.05) is 0 Å². The van der Waals surface area contributed by atoms with Gasteiger partial charge in [-0.3, -0.25) is 0 Å². The molecule has 0 saturated heterocycles. The first-order valence-corrected chi connectivity index (χ1v) is 11.9. The number of benzene rings is 3. The second kappa shape index (κ2) is 18.5. The quantitative estimate of drug-likeness (QED) is 0.126. The molecule has 0 unspecified atom stereocenters. The molecular weight excluding hydrogens is 582 g/mol. The number of carboxylic acid groups (broad SMARTS) is 6. The second-order valence-electron chi connectivity index (χ2n) is 6.98. The Morgan fingerprint density at radius 2 is 0.500 bits per heavy atom. The molecule has 0 aliphatic heterocycles. The van der Waals surface area contributed by atoms with Crippen molar-refractivity contribution in [3.8, 4) is 0 Å². The molecule has 0 atom stereocenters. The summed E-state index contributed by atoms with van der Waals surface area (Å²) in [5.74, 6) is -7.37. The average Bonchev–Trinajstić information content (AvgIpc) is 2.88. The molecule has 42 heavy (non-hydrogen) atoms. The number of carbonyl (C=O) groups is 6. The van der Waals surface area contributed by atoms with Crippen molar-refractivity contribution in [3.05, 3.63) is 106 Å². The third-order valence-electron chi connectivity index (χ3n) is 4.16. The van der Waals surface area contributed by atoms with Crippen LogP contribution in [0.4, 0.5) is 0 Å². The third-order valence-corrected chi connectivity index (χ3v) is 4.16. The minimum atomic E-state index is -4.64. The van der Waals surface area contributed by atoms with Crippen LogP contribution in [0, 0.1) is 0 Å². The molecule has 3 aromatic carbocycles. The van der Waals surface area contributed by atoms with Crippen molar-refractivity contribution in [1.29, 1.82) is 0 Å². The van der Waals surface area contributed by atoms with Crippen LogP contribution in [-0.2, 0) is 4.57 Å². The van der Waals surface area contributed by atoms with Crippen LogP contribution < -0.4 is 18.9 Å². The molecule has 9 N–H and O–H groups in total. The normalized spacial score (nSPS) is 9.40. The van der Waals surface area contributed by atoms with Crippen molar-refractivity contribution in [2.24, 2.45) is 0 Å². The van der Waals surface area contributed by atoms with E-state index in [9.17, 15) is 28.8 Å². The Morgan fingerprint density at radius 1 is 0.405 bits per heavy atom. The number of aromatic carboxylic acids is 6. The van der Waals surface area contributed by atoms with E-state index in [2.05, 4.69) is 0 Å². The van der Waals surface area contributed by atoms with Gasteiger partial charge >= 0.3 is 62.5 Å². The van der Waals surface area contributed by atoms with Crippen LogP contribution in [0.1, 0.15) is 63.6 Å². The van der Waals surface area contributed by atoms with Gasteiger partial charge in [-0.2, -0.15) is 0 Å². The van der Waals surface area contributed by atoms with Gasteiger partial charge in [0.05, 0.1) is 33.4 Å². The van der Waals surface area contributed by atoms with Gasteiger partial charge in [0.1, 0.15) is 0 Å². The average molecular weight is 604 g/mol. The van der Waals surface area contributed by atoms with Crippen molar-refractivity contribution >= 4 is 43.6 Å². The van der Waals surface area contributed by atoms with Gasteiger partial charge in [0.25, 0.3) is 0 Å². The summed E-state index contributed by atoms with van der Waals surface area (Å²) in [5.41, 5.74) is -1.14. The molecule has 0 amide bonds. The van der Waals surface area contributed by atoms with Crippen LogP contribution in [0.15, 0.2) is 72.8 Å². The monoisotopic (exact) mass is 604 g/mol. The Hall–Kier alpha value is -4.81. The fourth-order valence-corrected chi connectivity index (χ4v) is 2.57. The van der Waals surface area contributed by atoms with Gasteiger partial charge in [-0.1, -0.05) is 36.4 Å². The van der Waals surface area contributed by atoms with E-state index in [-0.39, 0.29) is 53.7 Å². The van der Waals surface area contributed by atoms with Gasteiger partial charge in [0, 0.05) is 0 Å². The Bertz CT molecular complexity index is 1220. The summed E-state index contributed by atoms with van der Waals surface area (Å²) in [6.07, 6.45) is 0. The predicted molar refractivity (Wildman–Crippen MR) is 136 cm³/mol. The molecular formula is C24H22LiO16P. The number of hydrogen-bond acceptors (Lipinski definition) is 7. The first-order chi connectivity index (χ1) is 18.9. The van der Waals surface area contributed by atoms with E-state index in [0.29, 0.717) is 0 Å². The van der Waals surface area contributed by atoms with Gasteiger partial charge in [-0.05, 0) is 36.4 Å². The molecule has 3 rings (SSSR count). The summed E-state index contributed by atoms with van der Waals surface area (Å²) in [6, 6.07) is 16.4. The maximum Gasteiger partial charge on any atom is 1.00 e. The Labute approximate surface area is 248 Å². The van der Waals surface area contributed by atoms with E-state index in [1.165, 1.54) is 72.8 Å². The molecule has 0 spiro atoms. The molecule has 0 aliphatic carbocycles. The second-order valence-corrected chi connectivity index (χ2v) is 8.01. The van der Waals surface area contributed by atoms with Crippen LogP contribution in [-0.4, -0.2) is 81.1 Å². The number of phosphoric acid groups is 1. The summed E-state index contributed by atoms with van der Waals surface area (Å²) in [4.78, 5) is 84.3. The first-order valence-electron chi connectivity index (χ1n) is 10.3. The molecule has 0 bridgehead atoms. The summed E-state index contributed by atoms with van der Waals surface area (Å²) in [7, 11) is -4.64. The first kappa shape index (κ1) is 39.3. The number of hydrogen-bond donors (Lipinski definition) is 9. The Morgan fingerprint density at radius 3 is 0.571 bits per heavy atom. The zero-order valence-corrected chi connectivity index (χ0v) is 22.2. The number of carboxylic acids is 6. The van der Waals surface area contributed by atoms with Crippen LogP contribution in [0.3, 0.4) is 0 Å². The van der Waals surface area contributed by atoms with Crippen LogP contribution in [0.2, 0.25) is 0 Å². The molecule has 0 aliphatic rings. The largest absolute Gasteiger partial charge is 1.00 e. The van der Waals surface area contributed by atoms with Gasteiger partial charge < -0.3 is 46.7 Å². The predicted octanol–water partition coefficient (Wildman–Crippen LogP) is -0.563. The minimum absolute atomic E-state index is 0. The zero-order chi connectivity index (χ0) is 31.9. The number of rotatable bonds is 6. The van der Waals surface area contributed by atoms with Crippen molar-refractivity contribution < 1.29 is 98.9 Å². The van der Waals surface area contributed by atoms with E-state index >= 15 is 0 Å². The van der Waals surface area contributed by atoms with Crippen LogP contribution in [0.25, 0.3) is 0 Å². The molecule has 18 heteroatoms. The summed E-state index contributed by atoms with van der Waals surface area (Å²) in [6.45, 7) is 0. The molecule has 220 valence electrons. The van der Waals surface area contributed by atoms with Crippen molar-refractivity contribution in [1.82, 2.24) is 0 Å². The molecule has 0 aromatic heterocycles. The molecule has 16 nitrogen and oxygen atoms in total. The van der Waals surface area contributed by atoms with Gasteiger partial charge in [-0.15, -0.1) is 0 Å². The third kappa shape index (κ3) is 15.1. The molecule has 0 fully saturated rings. The van der Waals surface area contributed by atoms with E-state index < -0.39 is 43.6 Å². The van der Waals surface area contributed by atoms with Gasteiger partial charge in [-0.25, -0.2) is 33.3 Å². The maximum atomic E-state index is 10.5. The molecule has 0 radical (unpaired) electrons. The molecule has 0 heterocycles. The van der Waals surface area contributed by atoms with Crippen molar-refractivity contribution in [3.63, 3.8) is 0 Å². The standard InChI is InChI=1S/3C8H6O4.Li.H3O4P.H/c3*9-7(10)5-3-1-2-4-6(5)8(11)12;;1-5(2,3)4;/h3*1-4H,(H,9,10)(H,11,12);;(H3,1,2,3,4);/q;;;+1;;-1. The summed E-state index contributed by atoms with van der Waals surface area (Å²) in [5, 5.41) is 51.3. The van der Waals surface area contributed by atoms with Gasteiger partial charge in [0.15, 0.2) is 0 Å². The van der Waals surface area contributed by atoms with E-state index in [4.69, 9.17) is 49.9 Å². The molecule has 3 aromatic rings. The minimum Gasteiger partial charge on any atom is -1.00 e. The Kier molecular flexibility index (Phi) is 17.3. The maximum absolute atomic E-state index is 10.5. The summed E-state index contributed by atoms with van der Waals surface area (Å²) < 4.78 is 8.88. The smallest absolute Gasteiger partial charge is 1.00 e. The fourth-order valence-electron chi connectivity index (χ4n) is 2.57. The Balaban J connectivity index is -0.000000507. The van der Waals surface area contributed by atoms with Crippen LogP contribution in [0.5, 0.6) is 0 Å². The topological polar surface area (TPSA) is 302 Å². The van der Waals surface area contributed by atoms with Crippen molar-refractivity contribution in [2.45, 2.75) is 0 Å². The van der Waals surface area contributed by atoms with E-state index in [0.717, 1.165) is 0 Å². The van der Waals surface area contributed by atoms with Gasteiger partial charge in [0.2, 0.25) is 0 Å². The zero-order valence-electron chi connectivity index (χ0n) is 22.3. The fraction of sp³-hybridized carbons (Fsp3) is 0. The SMILES string of the molecule is O=C(O)c1ccccc1C(=O)O.O=C(O)c1ccccc1C(=O)O.O=C(O)c1ccccc1C(=O)O.O=P(O)(O)O.[H-].[Li+]. The molecule has 0 saturated carbocycles. The summed E-state index contributed by atoms with van der Waals surface area (Å²) >= 11 is 0.